The van der Waals surface area contributed by atoms with Gasteiger partial charge in [0.2, 0.25) is 0 Å². The first kappa shape index (κ1) is 54.0. The van der Waals surface area contributed by atoms with Crippen molar-refractivity contribution in [2.24, 2.45) is 0 Å². The number of halogens is 19. The summed E-state index contributed by atoms with van der Waals surface area (Å²) in [7, 11) is -19.2. The Morgan fingerprint density at radius 1 is 0.373 bits per heavy atom. The molecular formula is C38H23F18IO6S4. The van der Waals surface area contributed by atoms with Crippen molar-refractivity contribution in [3.8, 4) is 0 Å². The maximum atomic E-state index is 15.2. The first-order chi connectivity index (χ1) is 30.5. The van der Waals surface area contributed by atoms with Crippen LogP contribution in [0.5, 0.6) is 0 Å². The summed E-state index contributed by atoms with van der Waals surface area (Å²) >= 11 is -3.77. The number of hydrogen-bond donors (Lipinski definition) is 0. The van der Waals surface area contributed by atoms with Gasteiger partial charge in [-0.1, -0.05) is 36.4 Å². The zero-order chi connectivity index (χ0) is 50.5. The molecule has 0 aromatic heterocycles. The van der Waals surface area contributed by atoms with Crippen LogP contribution in [0.15, 0.2) is 164 Å². The third-order valence-electron chi connectivity index (χ3n) is 8.68. The molecule has 0 aliphatic heterocycles. The Morgan fingerprint density at radius 2 is 0.687 bits per heavy atom. The number of rotatable bonds is 17. The van der Waals surface area contributed by atoms with Crippen molar-refractivity contribution in [1.82, 2.24) is 0 Å². The van der Waals surface area contributed by atoms with Gasteiger partial charge in [0.1, 0.15) is 0 Å². The maximum absolute atomic E-state index is 15.2. The van der Waals surface area contributed by atoms with Gasteiger partial charge in [-0.25, -0.2) is 0 Å². The van der Waals surface area contributed by atoms with E-state index in [0.717, 1.165) is 96.7 Å². The van der Waals surface area contributed by atoms with E-state index < -0.39 is 102 Å². The molecule has 0 unspecified atom stereocenters. The quantitative estimate of drug-likeness (QED) is 0.0677. The van der Waals surface area contributed by atoms with E-state index in [4.69, 9.17) is 3.63 Å². The first-order valence-corrected chi connectivity index (χ1v) is 25.6. The molecule has 5 aromatic carbocycles. The van der Waals surface area contributed by atoms with E-state index in [1.54, 1.807) is 0 Å². The summed E-state index contributed by atoms with van der Waals surface area (Å²) in [4.78, 5) is -0.998. The molecule has 67 heavy (non-hydrogen) atoms. The molecule has 0 N–H and O–H groups in total. The average molecular weight is 1170 g/mol. The van der Waals surface area contributed by atoms with Crippen LogP contribution in [0.25, 0.3) is 0 Å². The van der Waals surface area contributed by atoms with Crippen LogP contribution >= 0.6 is 42.3 Å². The molecule has 6 nitrogen and oxygen atoms in total. The van der Waals surface area contributed by atoms with E-state index in [2.05, 4.69) is 2.51 Å². The third kappa shape index (κ3) is 9.57. The molecule has 0 heterocycles. The van der Waals surface area contributed by atoms with Gasteiger partial charge in [-0.3, -0.25) is 0 Å². The summed E-state index contributed by atoms with van der Waals surface area (Å²) in [6.07, 6.45) is -14.7. The van der Waals surface area contributed by atoms with E-state index in [1.807, 2.05) is 0 Å². The van der Waals surface area contributed by atoms with Gasteiger partial charge in [-0.2, -0.15) is 47.9 Å². The van der Waals surface area contributed by atoms with Gasteiger partial charge in [-0.15, -0.1) is 0 Å². The number of benzene rings is 5. The normalized spacial score (nSPS) is 14.7. The molecule has 0 aliphatic rings. The fourth-order valence-corrected chi connectivity index (χ4v) is 18.3. The molecule has 0 radical (unpaired) electrons. The predicted molar refractivity (Wildman–Crippen MR) is 212 cm³/mol. The van der Waals surface area contributed by atoms with E-state index >= 15 is 8.78 Å². The minimum absolute atomic E-state index is 0.111. The molecule has 0 spiro atoms. The summed E-state index contributed by atoms with van der Waals surface area (Å²) in [6.45, 7) is 0. The Bertz CT molecular complexity index is 2690. The molecule has 0 bridgehead atoms. The summed E-state index contributed by atoms with van der Waals surface area (Å²) in [6, 6.07) is 25.8. The van der Waals surface area contributed by atoms with Gasteiger partial charge >= 0.3 is 298 Å². The summed E-state index contributed by atoms with van der Waals surface area (Å²) in [5.74, 6) is -30.4. The second-order valence-corrected chi connectivity index (χ2v) is 25.3. The zero-order valence-corrected chi connectivity index (χ0v) is 37.5. The fourth-order valence-electron chi connectivity index (χ4n) is 5.27. The Morgan fingerprint density at radius 3 is 1.06 bits per heavy atom. The molecule has 0 aliphatic carbocycles. The van der Waals surface area contributed by atoms with E-state index in [-0.39, 0.29) is 26.7 Å². The molecule has 0 saturated heterocycles. The molecule has 368 valence electrons. The standard InChI is InChI=1S/C38H23F18IO6S4/c39-31(40,35(47,48)49)33(43,44)37(53,54)66(58,59)62-57(24-10-4-1-5-11-24)25-16-18-26(19-17-25)64-27-20-22-30(23-21-27)65(28-12-6-2-7-13-28,29-14-8-3-9-15-29)63-67(60,61)38(55,56)34(45,46)32(41,42)36(50,51)52/h1-23H. The van der Waals surface area contributed by atoms with Crippen molar-refractivity contribution < 1.29 is 102 Å². The number of hydrogen-bond acceptors (Lipinski definition) is 7. The van der Waals surface area contributed by atoms with Gasteiger partial charge in [0.05, 0.1) is 0 Å². The van der Waals surface area contributed by atoms with Crippen LogP contribution in [0, 0.1) is 7.14 Å². The van der Waals surface area contributed by atoms with Crippen molar-refractivity contribution in [3.05, 3.63) is 147 Å². The Balaban J connectivity index is 1.54. The molecule has 0 saturated carbocycles. The van der Waals surface area contributed by atoms with Crippen LogP contribution in [0.2, 0.25) is 0 Å². The Hall–Kier alpha value is -3.91. The van der Waals surface area contributed by atoms with Crippen molar-refractivity contribution >= 4 is 62.5 Å². The second kappa shape index (κ2) is 18.4. The van der Waals surface area contributed by atoms with Crippen molar-refractivity contribution in [2.45, 2.75) is 71.0 Å². The molecule has 0 amide bonds. The van der Waals surface area contributed by atoms with E-state index in [9.17, 15) is 87.1 Å². The molecule has 0 fully saturated rings. The predicted octanol–water partition coefficient (Wildman–Crippen LogP) is 14.0. The first-order valence-electron chi connectivity index (χ1n) is 17.4. The summed E-state index contributed by atoms with van der Waals surface area (Å²) < 4.78 is 310. The molecular weight excluding hydrogens is 1150 g/mol. The van der Waals surface area contributed by atoms with Gasteiger partial charge in [0.15, 0.2) is 0 Å². The molecule has 5 rings (SSSR count). The SMILES string of the molecule is O=S(=O)(OI(c1ccccc1)c1ccc(Sc2ccc(S(OS(=O)(=O)C(F)(F)C(F)(F)C(F)(F)C(F)(F)F)(c3ccccc3)c3ccccc3)cc2)cc1)C(F)(F)C(F)(F)C(F)(F)C(F)(F)F. The Labute approximate surface area is 380 Å². The topological polar surface area (TPSA) is 86.7 Å². The van der Waals surface area contributed by atoms with Crippen molar-refractivity contribution in [2.75, 3.05) is 0 Å². The second-order valence-electron chi connectivity index (χ2n) is 13.1. The van der Waals surface area contributed by atoms with Crippen LogP contribution < -0.4 is 0 Å². The monoisotopic (exact) mass is 1170 g/mol. The molecule has 0 atom stereocenters. The van der Waals surface area contributed by atoms with Gasteiger partial charge in [0.25, 0.3) is 0 Å². The van der Waals surface area contributed by atoms with Gasteiger partial charge in [0, 0.05) is 0 Å². The number of alkyl halides is 18. The van der Waals surface area contributed by atoms with Crippen molar-refractivity contribution in [1.29, 1.82) is 0 Å². The van der Waals surface area contributed by atoms with Crippen LogP contribution in [0.4, 0.5) is 79.0 Å². The third-order valence-corrected chi connectivity index (χ3v) is 22.3. The van der Waals surface area contributed by atoms with Gasteiger partial charge < -0.3 is 0 Å². The minimum atomic E-state index is -7.65. The summed E-state index contributed by atoms with van der Waals surface area (Å²) in [5.41, 5.74) is 0. The van der Waals surface area contributed by atoms with E-state index in [1.165, 1.54) is 54.6 Å². The molecule has 5 aromatic rings. The average Bonchev–Trinajstić information content (AvgIpc) is 3.25. The van der Waals surface area contributed by atoms with Crippen LogP contribution in [-0.4, -0.2) is 63.4 Å². The Kier molecular flexibility index (Phi) is 14.9. The van der Waals surface area contributed by atoms with E-state index in [0.29, 0.717) is 0 Å². The molecule has 29 heteroatoms. The zero-order valence-electron chi connectivity index (χ0n) is 32.0. The van der Waals surface area contributed by atoms with Crippen LogP contribution in [0.1, 0.15) is 0 Å². The van der Waals surface area contributed by atoms with Gasteiger partial charge in [-0.05, 0) is 0 Å². The van der Waals surface area contributed by atoms with Crippen molar-refractivity contribution in [3.63, 3.8) is 0 Å². The summed E-state index contributed by atoms with van der Waals surface area (Å²) in [5, 5.41) is -14.4. The van der Waals surface area contributed by atoms with Crippen LogP contribution in [-0.2, 0) is 26.4 Å². The van der Waals surface area contributed by atoms with Crippen LogP contribution in [0.3, 0.4) is 0 Å². The fraction of sp³-hybridized carbons (Fsp3) is 0.211.